The van der Waals surface area contributed by atoms with E-state index in [-0.39, 0.29) is 11.7 Å². The number of hydrogen-bond donors (Lipinski definition) is 1. The number of aromatic amines is 1. The van der Waals surface area contributed by atoms with Gasteiger partial charge in [0.15, 0.2) is 0 Å². The van der Waals surface area contributed by atoms with Crippen molar-refractivity contribution in [3.05, 3.63) is 87.5 Å². The highest BCUT2D eigenvalue weighted by Gasteiger charge is 2.35. The number of rotatable bonds is 5. The summed E-state index contributed by atoms with van der Waals surface area (Å²) in [6, 6.07) is 16.5. The van der Waals surface area contributed by atoms with Crippen LogP contribution in [0.1, 0.15) is 34.2 Å². The van der Waals surface area contributed by atoms with Crippen molar-refractivity contribution >= 4 is 28.1 Å². The molecule has 4 nitrogen and oxygen atoms in total. The van der Waals surface area contributed by atoms with Gasteiger partial charge in [-0.25, -0.2) is 4.39 Å². The number of aryl methyl sites for hydroxylation is 1. The predicted octanol–water partition coefficient (Wildman–Crippen LogP) is 5.48. The minimum absolute atomic E-state index is 0.0397. The molecule has 0 saturated carbocycles. The van der Waals surface area contributed by atoms with Crippen LogP contribution in [0.3, 0.4) is 0 Å². The van der Waals surface area contributed by atoms with Gasteiger partial charge in [-0.2, -0.15) is 0 Å². The van der Waals surface area contributed by atoms with Gasteiger partial charge < -0.3 is 14.6 Å². The fourth-order valence-electron chi connectivity index (χ4n) is 4.52. The van der Waals surface area contributed by atoms with Crippen LogP contribution in [0.4, 0.5) is 4.39 Å². The minimum atomic E-state index is -0.488. The third-order valence-corrected chi connectivity index (χ3v) is 6.96. The van der Waals surface area contributed by atoms with E-state index in [2.05, 4.69) is 11.1 Å². The molecule has 1 atom stereocenters. The van der Waals surface area contributed by atoms with Crippen LogP contribution < -0.4 is 4.74 Å². The fraction of sp³-hybridized carbons (Fsp3) is 0.240. The Kier molecular flexibility index (Phi) is 5.24. The molecule has 1 amide bonds. The Morgan fingerprint density at radius 3 is 2.87 bits per heavy atom. The van der Waals surface area contributed by atoms with Crippen molar-refractivity contribution < 1.29 is 13.9 Å². The SMILES string of the molecule is COc1ccc([C@@H]2c3[nH]c4ccccc4c3CCN2C(=O)CCc2cccs2)c(F)c1. The number of carbonyl (C=O) groups is 1. The zero-order chi connectivity index (χ0) is 21.4. The lowest BCUT2D eigenvalue weighted by Gasteiger charge is -2.36. The molecule has 2 aromatic heterocycles. The molecule has 5 rings (SSSR count). The highest BCUT2D eigenvalue weighted by atomic mass is 32.1. The van der Waals surface area contributed by atoms with Crippen LogP contribution >= 0.6 is 11.3 Å². The number of thiophene rings is 1. The summed E-state index contributed by atoms with van der Waals surface area (Å²) in [6.07, 6.45) is 1.85. The molecule has 158 valence electrons. The highest BCUT2D eigenvalue weighted by molar-refractivity contribution is 7.09. The second kappa shape index (κ2) is 8.19. The van der Waals surface area contributed by atoms with Gasteiger partial charge >= 0.3 is 0 Å². The first-order chi connectivity index (χ1) is 15.2. The maximum Gasteiger partial charge on any atom is 0.223 e. The van der Waals surface area contributed by atoms with E-state index in [1.807, 2.05) is 40.6 Å². The van der Waals surface area contributed by atoms with E-state index < -0.39 is 6.04 Å². The normalized spacial score (nSPS) is 15.8. The quantitative estimate of drug-likeness (QED) is 0.452. The summed E-state index contributed by atoms with van der Waals surface area (Å²) < 4.78 is 20.4. The number of halogens is 1. The zero-order valence-electron chi connectivity index (χ0n) is 17.2. The minimum Gasteiger partial charge on any atom is -0.497 e. The van der Waals surface area contributed by atoms with E-state index in [1.54, 1.807) is 23.5 Å². The molecule has 0 fully saturated rings. The summed E-state index contributed by atoms with van der Waals surface area (Å²) in [5, 5.41) is 3.16. The lowest BCUT2D eigenvalue weighted by Crippen LogP contribution is -2.41. The Bertz CT molecular complexity index is 1230. The lowest BCUT2D eigenvalue weighted by molar-refractivity contribution is -0.133. The lowest BCUT2D eigenvalue weighted by atomic mass is 9.91. The van der Waals surface area contributed by atoms with Crippen molar-refractivity contribution in [2.24, 2.45) is 0 Å². The van der Waals surface area contributed by atoms with Crippen LogP contribution in [0.2, 0.25) is 0 Å². The van der Waals surface area contributed by atoms with Crippen molar-refractivity contribution in [2.75, 3.05) is 13.7 Å². The average molecular weight is 435 g/mol. The summed E-state index contributed by atoms with van der Waals surface area (Å²) in [5.41, 5.74) is 3.57. The first kappa shape index (κ1) is 19.8. The van der Waals surface area contributed by atoms with E-state index >= 15 is 4.39 Å². The first-order valence-corrected chi connectivity index (χ1v) is 11.3. The Hall–Kier alpha value is -3.12. The van der Waals surface area contributed by atoms with Crippen LogP contribution in [0.5, 0.6) is 5.75 Å². The van der Waals surface area contributed by atoms with E-state index in [4.69, 9.17) is 4.74 Å². The molecule has 1 aliphatic heterocycles. The van der Waals surface area contributed by atoms with Gasteiger partial charge in [0.05, 0.1) is 7.11 Å². The molecule has 4 aromatic rings. The number of carbonyl (C=O) groups excluding carboxylic acids is 1. The largest absolute Gasteiger partial charge is 0.497 e. The molecule has 0 spiro atoms. The number of nitrogens with one attached hydrogen (secondary N) is 1. The number of aromatic nitrogens is 1. The third-order valence-electron chi connectivity index (χ3n) is 6.02. The zero-order valence-corrected chi connectivity index (χ0v) is 18.0. The first-order valence-electron chi connectivity index (χ1n) is 10.4. The molecule has 1 aliphatic rings. The average Bonchev–Trinajstić information content (AvgIpc) is 3.44. The maximum absolute atomic E-state index is 15.2. The van der Waals surface area contributed by atoms with Gasteiger partial charge in [0.2, 0.25) is 5.91 Å². The van der Waals surface area contributed by atoms with Crippen LogP contribution in [0, 0.1) is 5.82 Å². The number of benzene rings is 2. The number of para-hydroxylation sites is 1. The van der Waals surface area contributed by atoms with Crippen LogP contribution in [-0.2, 0) is 17.6 Å². The smallest absolute Gasteiger partial charge is 0.223 e. The van der Waals surface area contributed by atoms with Gasteiger partial charge in [-0.05, 0) is 48.1 Å². The second-order valence-corrected chi connectivity index (χ2v) is 8.80. The van der Waals surface area contributed by atoms with E-state index in [0.29, 0.717) is 30.7 Å². The van der Waals surface area contributed by atoms with Gasteiger partial charge in [-0.15, -0.1) is 11.3 Å². The summed E-state index contributed by atoms with van der Waals surface area (Å²) in [7, 11) is 1.52. The monoisotopic (exact) mass is 434 g/mol. The Balaban J connectivity index is 1.56. The molecule has 3 heterocycles. The number of methoxy groups -OCH3 is 1. The van der Waals surface area contributed by atoms with Gasteiger partial charge in [0.25, 0.3) is 0 Å². The molecular formula is C25H23FN2O2S. The van der Waals surface area contributed by atoms with Gasteiger partial charge in [-0.1, -0.05) is 24.3 Å². The Morgan fingerprint density at radius 2 is 2.10 bits per heavy atom. The van der Waals surface area contributed by atoms with Crippen LogP contribution in [0.15, 0.2) is 60.0 Å². The molecular weight excluding hydrogens is 411 g/mol. The van der Waals surface area contributed by atoms with Crippen molar-refractivity contribution in [3.63, 3.8) is 0 Å². The molecule has 1 N–H and O–H groups in total. The number of H-pyrrole nitrogens is 1. The molecule has 0 aliphatic carbocycles. The van der Waals surface area contributed by atoms with Crippen LogP contribution in [0.25, 0.3) is 10.9 Å². The molecule has 6 heteroatoms. The van der Waals surface area contributed by atoms with E-state index in [0.717, 1.165) is 28.6 Å². The molecule has 0 unspecified atom stereocenters. The Morgan fingerprint density at radius 1 is 1.23 bits per heavy atom. The highest BCUT2D eigenvalue weighted by Crippen LogP contribution is 2.40. The second-order valence-electron chi connectivity index (χ2n) is 7.77. The fourth-order valence-corrected chi connectivity index (χ4v) is 5.23. The molecule has 31 heavy (non-hydrogen) atoms. The number of hydrogen-bond acceptors (Lipinski definition) is 3. The Labute approximate surface area is 184 Å². The summed E-state index contributed by atoms with van der Waals surface area (Å²) in [4.78, 5) is 19.8. The summed E-state index contributed by atoms with van der Waals surface area (Å²) in [6.45, 7) is 0.564. The van der Waals surface area contributed by atoms with Crippen molar-refractivity contribution in [2.45, 2.75) is 25.3 Å². The van der Waals surface area contributed by atoms with E-state index in [1.165, 1.54) is 18.1 Å². The number of ether oxygens (including phenoxy) is 1. The third kappa shape index (κ3) is 3.61. The van der Waals surface area contributed by atoms with Crippen molar-refractivity contribution in [3.8, 4) is 5.75 Å². The van der Waals surface area contributed by atoms with Gasteiger partial charge in [-0.3, -0.25) is 4.79 Å². The van der Waals surface area contributed by atoms with Crippen LogP contribution in [-0.4, -0.2) is 29.4 Å². The molecule has 0 bridgehead atoms. The molecule has 0 radical (unpaired) electrons. The maximum atomic E-state index is 15.2. The number of amides is 1. The molecule has 2 aromatic carbocycles. The summed E-state index contributed by atoms with van der Waals surface area (Å²) >= 11 is 1.66. The van der Waals surface area contributed by atoms with Crippen molar-refractivity contribution in [1.82, 2.24) is 9.88 Å². The van der Waals surface area contributed by atoms with Crippen molar-refractivity contribution in [1.29, 1.82) is 0 Å². The number of fused-ring (bicyclic) bond motifs is 3. The standard InChI is InChI=1S/C25H23FN2O2S/c1-30-16-8-10-20(21(26)15-16)25-24-19(18-6-2-3-7-22(18)27-24)12-13-28(25)23(29)11-9-17-5-4-14-31-17/h2-8,10,14-15,25,27H,9,11-13H2,1H3/t25-/m1/s1. The molecule has 0 saturated heterocycles. The van der Waals surface area contributed by atoms with Gasteiger partial charge in [0.1, 0.15) is 17.6 Å². The summed E-state index contributed by atoms with van der Waals surface area (Å²) in [5.74, 6) is 0.134. The topological polar surface area (TPSA) is 45.3 Å². The van der Waals surface area contributed by atoms with E-state index in [9.17, 15) is 4.79 Å². The number of nitrogens with zero attached hydrogens (tertiary/aromatic N) is 1. The van der Waals surface area contributed by atoms with Gasteiger partial charge in [0, 0.05) is 46.1 Å². The predicted molar refractivity (Wildman–Crippen MR) is 121 cm³/mol.